The molecule has 0 unspecified atom stereocenters. The lowest BCUT2D eigenvalue weighted by Crippen LogP contribution is -2.33. The fourth-order valence-corrected chi connectivity index (χ4v) is 4.34. The second-order valence-electron chi connectivity index (χ2n) is 8.45. The van der Waals surface area contributed by atoms with E-state index in [2.05, 4.69) is 4.57 Å². The molecule has 0 N–H and O–H groups in total. The van der Waals surface area contributed by atoms with Crippen LogP contribution in [0.15, 0.2) is 84.9 Å². The summed E-state index contributed by atoms with van der Waals surface area (Å²) in [7, 11) is 1.98. The predicted molar refractivity (Wildman–Crippen MR) is 136 cm³/mol. The van der Waals surface area contributed by atoms with Crippen molar-refractivity contribution in [1.29, 1.82) is 0 Å². The number of hydrogen-bond acceptors (Lipinski definition) is 6. The van der Waals surface area contributed by atoms with E-state index in [-0.39, 0.29) is 31.6 Å². The van der Waals surface area contributed by atoms with E-state index in [9.17, 15) is 14.4 Å². The van der Waals surface area contributed by atoms with Crippen molar-refractivity contribution in [1.82, 2.24) is 4.90 Å². The normalized spacial score (nSPS) is 13.1. The highest BCUT2D eigenvalue weighted by atomic mass is 16.5. The second kappa shape index (κ2) is 10.6. The zero-order valence-electron chi connectivity index (χ0n) is 20.3. The number of aromatic nitrogens is 1. The van der Waals surface area contributed by atoms with Crippen LogP contribution in [0.5, 0.6) is 11.5 Å². The van der Waals surface area contributed by atoms with Gasteiger partial charge in [-0.2, -0.15) is 4.57 Å². The van der Waals surface area contributed by atoms with Crippen LogP contribution in [0.2, 0.25) is 0 Å². The van der Waals surface area contributed by atoms with Gasteiger partial charge in [0.05, 0.1) is 36.1 Å². The Kier molecular flexibility index (Phi) is 6.91. The molecule has 4 aromatic rings. The van der Waals surface area contributed by atoms with E-state index in [0.29, 0.717) is 23.7 Å². The number of carbonyl (C=O) groups is 3. The summed E-state index contributed by atoms with van der Waals surface area (Å²) < 4.78 is 18.9. The van der Waals surface area contributed by atoms with E-state index in [1.165, 1.54) is 12.2 Å². The van der Waals surface area contributed by atoms with Crippen molar-refractivity contribution in [2.24, 2.45) is 7.05 Å². The van der Waals surface area contributed by atoms with Gasteiger partial charge in [0, 0.05) is 24.3 Å². The molecule has 186 valence electrons. The van der Waals surface area contributed by atoms with E-state index < -0.39 is 5.97 Å². The van der Waals surface area contributed by atoms with Crippen LogP contribution in [0.1, 0.15) is 10.4 Å². The summed E-state index contributed by atoms with van der Waals surface area (Å²) in [6, 6.07) is 22.3. The molecule has 1 aromatic heterocycles. The van der Waals surface area contributed by atoms with Crippen LogP contribution >= 0.6 is 0 Å². The van der Waals surface area contributed by atoms with Crippen molar-refractivity contribution in [2.75, 3.05) is 26.4 Å². The van der Waals surface area contributed by atoms with Crippen LogP contribution in [0.25, 0.3) is 21.8 Å². The van der Waals surface area contributed by atoms with Gasteiger partial charge < -0.3 is 14.2 Å². The van der Waals surface area contributed by atoms with Crippen LogP contribution in [0.3, 0.4) is 0 Å². The van der Waals surface area contributed by atoms with Crippen molar-refractivity contribution in [3.8, 4) is 11.5 Å². The molecule has 37 heavy (non-hydrogen) atoms. The lowest BCUT2D eigenvalue weighted by molar-refractivity contribution is -0.617. The molecule has 0 fully saturated rings. The summed E-state index contributed by atoms with van der Waals surface area (Å²) >= 11 is 0. The highest BCUT2D eigenvalue weighted by molar-refractivity contribution is 6.13. The van der Waals surface area contributed by atoms with Gasteiger partial charge in [-0.1, -0.05) is 24.3 Å². The molecule has 8 nitrogen and oxygen atoms in total. The number of amides is 2. The summed E-state index contributed by atoms with van der Waals surface area (Å²) in [6.07, 6.45) is 2.49. The predicted octanol–water partition coefficient (Wildman–Crippen LogP) is 3.36. The zero-order valence-corrected chi connectivity index (χ0v) is 20.3. The van der Waals surface area contributed by atoms with Crippen molar-refractivity contribution in [2.45, 2.75) is 0 Å². The highest BCUT2D eigenvalue weighted by Crippen LogP contribution is 2.27. The maximum absolute atomic E-state index is 13.3. The number of nitrogens with zero attached hydrogens (tertiary/aromatic N) is 2. The van der Waals surface area contributed by atoms with Crippen LogP contribution in [-0.4, -0.2) is 49.0 Å². The number of hydrogen-bond donors (Lipinski definition) is 0. The molecule has 3 aromatic carbocycles. The third-order valence-electron chi connectivity index (χ3n) is 6.16. The van der Waals surface area contributed by atoms with Crippen LogP contribution in [0.4, 0.5) is 0 Å². The van der Waals surface area contributed by atoms with E-state index in [0.717, 1.165) is 26.7 Å². The number of esters is 1. The van der Waals surface area contributed by atoms with Crippen molar-refractivity contribution in [3.05, 3.63) is 90.5 Å². The molecule has 0 bridgehead atoms. The second-order valence-corrected chi connectivity index (χ2v) is 8.45. The molecule has 1 aliphatic heterocycles. The number of carbonyl (C=O) groups excluding carboxylic acids is 3. The molecule has 0 radical (unpaired) electrons. The maximum atomic E-state index is 13.3. The molecule has 0 saturated heterocycles. The molecular formula is C29H25N2O6+. The fraction of sp³-hybridized carbons (Fsp3) is 0.172. The molecule has 0 aliphatic carbocycles. The first-order chi connectivity index (χ1) is 18.0. The number of fused-ring (bicyclic) bond motifs is 2. The lowest BCUT2D eigenvalue weighted by Gasteiger charge is -2.13. The largest absolute Gasteiger partial charge is 0.491 e. The quantitative estimate of drug-likeness (QED) is 0.0881. The highest BCUT2D eigenvalue weighted by Gasteiger charge is 2.24. The van der Waals surface area contributed by atoms with Gasteiger partial charge in [-0.05, 0) is 36.4 Å². The summed E-state index contributed by atoms with van der Waals surface area (Å²) in [4.78, 5) is 37.4. The Morgan fingerprint density at radius 1 is 0.757 bits per heavy atom. The Labute approximate surface area is 213 Å². The molecule has 8 heteroatoms. The van der Waals surface area contributed by atoms with Crippen molar-refractivity contribution >= 4 is 39.6 Å². The molecule has 0 atom stereocenters. The van der Waals surface area contributed by atoms with Gasteiger partial charge in [0.25, 0.3) is 11.8 Å². The van der Waals surface area contributed by atoms with E-state index in [1.807, 2.05) is 55.6 Å². The number of ether oxygens (including phenoxy) is 3. The Hall–Kier alpha value is -4.56. The molecule has 2 amide bonds. The van der Waals surface area contributed by atoms with Gasteiger partial charge in [-0.15, -0.1) is 0 Å². The Morgan fingerprint density at radius 2 is 1.32 bits per heavy atom. The summed E-state index contributed by atoms with van der Waals surface area (Å²) in [5.74, 6) is -0.0783. The van der Waals surface area contributed by atoms with Gasteiger partial charge >= 0.3 is 5.97 Å². The maximum Gasteiger partial charge on any atom is 0.345 e. The van der Waals surface area contributed by atoms with E-state index >= 15 is 0 Å². The Bertz CT molecular complexity index is 1450. The smallest absolute Gasteiger partial charge is 0.345 e. The third kappa shape index (κ3) is 5.05. The number of pyridine rings is 1. The lowest BCUT2D eigenvalue weighted by atomic mass is 10.0. The zero-order chi connectivity index (χ0) is 25.8. The van der Waals surface area contributed by atoms with E-state index in [4.69, 9.17) is 14.2 Å². The van der Waals surface area contributed by atoms with Crippen LogP contribution in [0, 0.1) is 0 Å². The average molecular weight is 498 g/mol. The van der Waals surface area contributed by atoms with Gasteiger partial charge in [-0.3, -0.25) is 14.5 Å². The molecule has 2 heterocycles. The van der Waals surface area contributed by atoms with Crippen molar-refractivity contribution < 1.29 is 33.2 Å². The molecule has 0 spiro atoms. The summed E-state index contributed by atoms with van der Waals surface area (Å²) in [5, 5.41) is 1.65. The SMILES string of the molecule is C[n+]1c2ccccc2c(C(=O)Oc2ccc(OCCOCCN3C(=O)C=CC3=O)cc2)c2ccccc21. The molecule has 5 rings (SSSR count). The molecular weight excluding hydrogens is 472 g/mol. The van der Waals surface area contributed by atoms with Crippen LogP contribution in [-0.2, 0) is 21.4 Å². The number of benzene rings is 3. The molecule has 1 aliphatic rings. The number of rotatable bonds is 9. The first-order valence-corrected chi connectivity index (χ1v) is 11.9. The van der Waals surface area contributed by atoms with Gasteiger partial charge in [0.1, 0.15) is 25.2 Å². The minimum Gasteiger partial charge on any atom is -0.491 e. The number of imide groups is 1. The fourth-order valence-electron chi connectivity index (χ4n) is 4.34. The van der Waals surface area contributed by atoms with Crippen molar-refractivity contribution in [3.63, 3.8) is 0 Å². The van der Waals surface area contributed by atoms with Crippen LogP contribution < -0.4 is 14.0 Å². The summed E-state index contributed by atoms with van der Waals surface area (Å²) in [5.41, 5.74) is 2.40. The first-order valence-electron chi connectivity index (χ1n) is 11.9. The first kappa shape index (κ1) is 24.1. The minimum absolute atomic E-state index is 0.203. The monoisotopic (exact) mass is 497 g/mol. The Morgan fingerprint density at radius 3 is 1.95 bits per heavy atom. The van der Waals surface area contributed by atoms with E-state index in [1.54, 1.807) is 24.3 Å². The number of para-hydroxylation sites is 2. The topological polar surface area (TPSA) is 86.0 Å². The van der Waals surface area contributed by atoms with Gasteiger partial charge in [0.15, 0.2) is 0 Å². The average Bonchev–Trinajstić information content (AvgIpc) is 3.24. The van der Waals surface area contributed by atoms with Gasteiger partial charge in [-0.25, -0.2) is 4.79 Å². The molecule has 0 saturated carbocycles. The number of aryl methyl sites for hydroxylation is 1. The minimum atomic E-state index is -0.430. The Balaban J connectivity index is 1.19. The van der Waals surface area contributed by atoms with Gasteiger partial charge in [0.2, 0.25) is 11.0 Å². The summed E-state index contributed by atoms with van der Waals surface area (Å²) in [6.45, 7) is 1.03. The third-order valence-corrected chi connectivity index (χ3v) is 6.16. The standard InChI is InChI=1S/C29H25N2O6/c1-30-24-8-4-2-6-22(24)28(23-7-3-5-9-25(23)30)29(34)37-21-12-10-20(11-13-21)36-19-18-35-17-16-31-26(32)14-15-27(31)33/h2-15H,16-19H2,1H3/q+1.